The number of hydrogen-bond acceptors (Lipinski definition) is 7. The minimum Gasteiger partial charge on any atom is -0.483 e. The Morgan fingerprint density at radius 2 is 2.15 bits per heavy atom. The van der Waals surface area contributed by atoms with Gasteiger partial charge in [0.1, 0.15) is 16.8 Å². The number of ether oxygens (including phenoxy) is 1. The third-order valence-corrected chi connectivity index (χ3v) is 8.28. The Kier molecular flexibility index (Phi) is 7.59. The Morgan fingerprint density at radius 1 is 1.38 bits per heavy atom. The first-order chi connectivity index (χ1) is 16.4. The molecule has 0 radical (unpaired) electrons. The summed E-state index contributed by atoms with van der Waals surface area (Å²) >= 11 is 2.86. The first-order valence-corrected chi connectivity index (χ1v) is 13.3. The lowest BCUT2D eigenvalue weighted by Crippen LogP contribution is -2.15. The number of fused-ring (bicyclic) bond motifs is 1. The van der Waals surface area contributed by atoms with Crippen molar-refractivity contribution in [1.29, 1.82) is 5.26 Å². The van der Waals surface area contributed by atoms with E-state index in [1.165, 1.54) is 22.2 Å². The number of amides is 1. The number of nitrogens with zero attached hydrogens (tertiary/aromatic N) is 4. The van der Waals surface area contributed by atoms with Gasteiger partial charge in [0.2, 0.25) is 5.91 Å². The highest BCUT2D eigenvalue weighted by molar-refractivity contribution is 7.99. The van der Waals surface area contributed by atoms with Gasteiger partial charge in [-0.25, -0.2) is 0 Å². The summed E-state index contributed by atoms with van der Waals surface area (Å²) < 4.78 is 7.89. The molecule has 3 aromatic rings. The van der Waals surface area contributed by atoms with Crippen molar-refractivity contribution >= 4 is 34.0 Å². The van der Waals surface area contributed by atoms with Crippen LogP contribution in [-0.2, 0) is 31.1 Å². The van der Waals surface area contributed by atoms with Gasteiger partial charge in [0.15, 0.2) is 17.1 Å². The van der Waals surface area contributed by atoms with Crippen LogP contribution in [0.2, 0.25) is 0 Å². The number of benzene rings is 1. The average molecular weight is 496 g/mol. The third-order valence-electron chi connectivity index (χ3n) is 6.09. The van der Waals surface area contributed by atoms with Crippen LogP contribution in [0.1, 0.15) is 60.7 Å². The van der Waals surface area contributed by atoms with E-state index in [9.17, 15) is 10.1 Å². The summed E-state index contributed by atoms with van der Waals surface area (Å²) in [4.78, 5) is 13.9. The van der Waals surface area contributed by atoms with Gasteiger partial charge >= 0.3 is 0 Å². The van der Waals surface area contributed by atoms with Crippen LogP contribution in [0.15, 0.2) is 29.4 Å². The van der Waals surface area contributed by atoms with Crippen molar-refractivity contribution in [2.75, 3.05) is 11.1 Å². The second kappa shape index (κ2) is 10.6. The van der Waals surface area contributed by atoms with Gasteiger partial charge in [-0.3, -0.25) is 4.79 Å². The molecule has 0 aliphatic heterocycles. The monoisotopic (exact) mass is 495 g/mol. The Labute approximate surface area is 208 Å². The molecule has 9 heteroatoms. The zero-order valence-electron chi connectivity index (χ0n) is 19.9. The molecule has 1 aromatic carbocycles. The summed E-state index contributed by atoms with van der Waals surface area (Å²) in [6.07, 6.45) is 3.67. The van der Waals surface area contributed by atoms with Crippen molar-refractivity contribution in [1.82, 2.24) is 14.8 Å². The van der Waals surface area contributed by atoms with Crippen LogP contribution in [0.25, 0.3) is 0 Å². The molecular formula is C25H29N5O2S2. The second-order valence-corrected chi connectivity index (χ2v) is 10.7. The summed E-state index contributed by atoms with van der Waals surface area (Å²) in [5.74, 6) is 2.11. The number of nitriles is 1. The fourth-order valence-corrected chi connectivity index (χ4v) is 6.21. The van der Waals surface area contributed by atoms with Crippen LogP contribution in [0.5, 0.6) is 5.75 Å². The van der Waals surface area contributed by atoms with E-state index in [1.54, 1.807) is 11.3 Å². The normalized spacial score (nSPS) is 15.9. The highest BCUT2D eigenvalue weighted by Crippen LogP contribution is 2.39. The fraction of sp³-hybridized carbons (Fsp3) is 0.440. The second-order valence-electron chi connectivity index (χ2n) is 8.66. The van der Waals surface area contributed by atoms with E-state index >= 15 is 0 Å². The van der Waals surface area contributed by atoms with Crippen LogP contribution in [-0.4, -0.2) is 26.4 Å². The van der Waals surface area contributed by atoms with Gasteiger partial charge in [0.05, 0.1) is 11.3 Å². The molecule has 0 saturated heterocycles. The highest BCUT2D eigenvalue weighted by Gasteiger charge is 2.25. The number of carbonyl (C=O) groups excluding carboxylic acids is 1. The molecule has 1 N–H and O–H groups in total. The van der Waals surface area contributed by atoms with Gasteiger partial charge < -0.3 is 14.6 Å². The summed E-state index contributed by atoms with van der Waals surface area (Å²) in [5.41, 5.74) is 3.00. The maximum absolute atomic E-state index is 12.7. The predicted molar refractivity (Wildman–Crippen MR) is 135 cm³/mol. The lowest BCUT2D eigenvalue weighted by Gasteiger charge is -2.17. The topological polar surface area (TPSA) is 92.8 Å². The lowest BCUT2D eigenvalue weighted by molar-refractivity contribution is -0.113. The Morgan fingerprint density at radius 3 is 2.85 bits per heavy atom. The molecule has 1 aliphatic carbocycles. The number of hydrogen-bond donors (Lipinski definition) is 1. The number of carbonyl (C=O) groups is 1. The molecule has 2 aromatic heterocycles. The predicted octanol–water partition coefficient (Wildman–Crippen LogP) is 5.31. The smallest absolute Gasteiger partial charge is 0.235 e. The van der Waals surface area contributed by atoms with Crippen LogP contribution < -0.4 is 10.1 Å². The molecule has 1 amide bonds. The molecular weight excluding hydrogens is 466 g/mol. The van der Waals surface area contributed by atoms with Crippen LogP contribution >= 0.6 is 23.1 Å². The van der Waals surface area contributed by atoms with Crippen molar-refractivity contribution in [3.63, 3.8) is 0 Å². The molecule has 0 spiro atoms. The van der Waals surface area contributed by atoms with Gasteiger partial charge in [-0.1, -0.05) is 37.7 Å². The number of thiophene rings is 1. The molecule has 178 valence electrons. The molecule has 2 atom stereocenters. The molecule has 1 aliphatic rings. The Bertz CT molecular complexity index is 1210. The van der Waals surface area contributed by atoms with Gasteiger partial charge in [0, 0.05) is 11.9 Å². The van der Waals surface area contributed by atoms with Crippen LogP contribution in [0.4, 0.5) is 5.00 Å². The molecule has 0 fully saturated rings. The average Bonchev–Trinajstić information content (AvgIpc) is 3.36. The molecule has 7 nitrogen and oxygen atoms in total. The highest BCUT2D eigenvalue weighted by atomic mass is 32.2. The van der Waals surface area contributed by atoms with E-state index in [-0.39, 0.29) is 17.8 Å². The third kappa shape index (κ3) is 5.29. The van der Waals surface area contributed by atoms with E-state index < -0.39 is 0 Å². The lowest BCUT2D eigenvalue weighted by atomic mass is 9.89. The SMILES string of the molecule is CCc1ccc(OC(C)c2nnc(SCC(=O)Nc3sc4c(c3C#N)CCC(C)C4)n2C)cc1. The van der Waals surface area contributed by atoms with Crippen molar-refractivity contribution in [2.45, 2.75) is 57.7 Å². The van der Waals surface area contributed by atoms with Crippen LogP contribution in [0, 0.1) is 17.2 Å². The molecule has 4 rings (SSSR count). The van der Waals surface area contributed by atoms with E-state index in [1.807, 2.05) is 30.7 Å². The number of anilines is 1. The van der Waals surface area contributed by atoms with Gasteiger partial charge in [-0.2, -0.15) is 5.26 Å². The molecule has 0 bridgehead atoms. The first kappa shape index (κ1) is 24.3. The van der Waals surface area contributed by atoms with Gasteiger partial charge in [-0.05, 0) is 61.8 Å². The fourth-order valence-electron chi connectivity index (χ4n) is 4.12. The van der Waals surface area contributed by atoms with E-state index in [0.717, 1.165) is 37.0 Å². The van der Waals surface area contributed by atoms with Crippen molar-refractivity contribution < 1.29 is 9.53 Å². The number of aryl methyl sites for hydroxylation is 1. The van der Waals surface area contributed by atoms with Gasteiger partial charge in [-0.15, -0.1) is 21.5 Å². The standard InChI is InChI=1S/C25H29N5O2S2/c1-5-17-7-9-18(10-8-17)32-16(3)23-28-29-25(30(23)4)33-14-22(31)27-24-20(13-26)19-11-6-15(2)12-21(19)34-24/h7-10,15-16H,5-6,11-12,14H2,1-4H3,(H,27,31). The minimum absolute atomic E-state index is 0.155. The zero-order valence-corrected chi connectivity index (χ0v) is 21.6. The maximum Gasteiger partial charge on any atom is 0.235 e. The summed E-state index contributed by atoms with van der Waals surface area (Å²) in [7, 11) is 1.87. The molecule has 34 heavy (non-hydrogen) atoms. The number of nitrogens with one attached hydrogen (secondary N) is 1. The number of rotatable bonds is 8. The largest absolute Gasteiger partial charge is 0.483 e. The molecule has 2 unspecified atom stereocenters. The summed E-state index contributed by atoms with van der Waals surface area (Å²) in [6.45, 7) is 6.28. The summed E-state index contributed by atoms with van der Waals surface area (Å²) in [5, 5.41) is 22.4. The zero-order chi connectivity index (χ0) is 24.2. The van der Waals surface area contributed by atoms with E-state index in [2.05, 4.69) is 47.6 Å². The number of thioether (sulfide) groups is 1. The van der Waals surface area contributed by atoms with Crippen LogP contribution in [0.3, 0.4) is 0 Å². The quantitative estimate of drug-likeness (QED) is 0.426. The van der Waals surface area contributed by atoms with Crippen molar-refractivity contribution in [3.05, 3.63) is 51.7 Å². The Balaban J connectivity index is 1.36. The Hall–Kier alpha value is -2.83. The summed E-state index contributed by atoms with van der Waals surface area (Å²) in [6, 6.07) is 10.3. The van der Waals surface area contributed by atoms with Gasteiger partial charge in [0.25, 0.3) is 0 Å². The van der Waals surface area contributed by atoms with E-state index in [4.69, 9.17) is 4.74 Å². The number of aromatic nitrogens is 3. The molecule has 0 saturated carbocycles. The first-order valence-electron chi connectivity index (χ1n) is 11.5. The minimum atomic E-state index is -0.286. The van der Waals surface area contributed by atoms with E-state index in [0.29, 0.717) is 27.5 Å². The molecule has 2 heterocycles. The van der Waals surface area contributed by atoms with Crippen molar-refractivity contribution in [2.24, 2.45) is 13.0 Å². The van der Waals surface area contributed by atoms with Crippen molar-refractivity contribution in [3.8, 4) is 11.8 Å². The maximum atomic E-state index is 12.7.